The molecule has 218 valence electrons. The Morgan fingerprint density at radius 2 is 1.74 bits per heavy atom. The van der Waals surface area contributed by atoms with Gasteiger partial charge >= 0.3 is 12.4 Å². The molecular formula is C29H23Cl2F3N4O4. The molecule has 0 atom stereocenters. The second-order valence-electron chi connectivity index (χ2n) is 9.66. The van der Waals surface area contributed by atoms with Gasteiger partial charge in [0.2, 0.25) is 0 Å². The first-order chi connectivity index (χ1) is 20.0. The molecule has 1 saturated carbocycles. The van der Waals surface area contributed by atoms with E-state index in [1.54, 1.807) is 24.3 Å². The van der Waals surface area contributed by atoms with Gasteiger partial charge in [-0.15, -0.1) is 13.2 Å². The van der Waals surface area contributed by atoms with E-state index < -0.39 is 24.1 Å². The number of rotatable bonds is 7. The molecule has 0 radical (unpaired) electrons. The number of nitrogens with one attached hydrogen (secondary N) is 2. The number of alkyl halides is 3. The first kappa shape index (κ1) is 29.3. The summed E-state index contributed by atoms with van der Waals surface area (Å²) in [5.74, 6) is -1.05. The van der Waals surface area contributed by atoms with Crippen LogP contribution >= 0.6 is 23.2 Å². The van der Waals surface area contributed by atoms with Crippen LogP contribution in [0.2, 0.25) is 10.0 Å². The van der Waals surface area contributed by atoms with Crippen molar-refractivity contribution in [3.63, 3.8) is 0 Å². The van der Waals surface area contributed by atoms with Crippen molar-refractivity contribution in [2.75, 3.05) is 5.32 Å². The number of hydrogen-bond acceptors (Lipinski definition) is 5. The van der Waals surface area contributed by atoms with E-state index in [1.807, 2.05) is 0 Å². The largest absolute Gasteiger partial charge is 0.573 e. The molecule has 1 heterocycles. The smallest absolute Gasteiger partial charge is 0.507 e. The van der Waals surface area contributed by atoms with E-state index in [4.69, 9.17) is 23.2 Å². The molecule has 0 bridgehead atoms. The summed E-state index contributed by atoms with van der Waals surface area (Å²) in [6, 6.07) is 15.1. The van der Waals surface area contributed by atoms with Crippen LogP contribution in [0.4, 0.5) is 23.7 Å². The third-order valence-electron chi connectivity index (χ3n) is 6.76. The minimum Gasteiger partial charge on any atom is -0.507 e. The maximum atomic E-state index is 13.2. The first-order valence-electron chi connectivity index (χ1n) is 12.8. The Morgan fingerprint density at radius 1 is 1.00 bits per heavy atom. The van der Waals surface area contributed by atoms with Crippen LogP contribution in [0.3, 0.4) is 0 Å². The Morgan fingerprint density at radius 3 is 2.38 bits per heavy atom. The number of hydrogen-bond donors (Lipinski definition) is 3. The Hall–Kier alpha value is -4.22. The summed E-state index contributed by atoms with van der Waals surface area (Å²) in [5, 5.41) is 21.4. The van der Waals surface area contributed by atoms with Crippen LogP contribution in [0, 0.1) is 0 Å². The van der Waals surface area contributed by atoms with Gasteiger partial charge in [0.15, 0.2) is 0 Å². The van der Waals surface area contributed by atoms with Gasteiger partial charge in [0, 0.05) is 29.3 Å². The molecule has 3 aromatic carbocycles. The van der Waals surface area contributed by atoms with Gasteiger partial charge in [-0.1, -0.05) is 35.7 Å². The van der Waals surface area contributed by atoms with Crippen LogP contribution in [-0.2, 0) is 6.54 Å². The molecule has 13 heteroatoms. The number of benzene rings is 3. The van der Waals surface area contributed by atoms with Gasteiger partial charge in [0.05, 0.1) is 21.4 Å². The highest BCUT2D eigenvalue weighted by molar-refractivity contribution is 6.42. The summed E-state index contributed by atoms with van der Waals surface area (Å²) in [6.45, 7) is 0.186. The lowest BCUT2D eigenvalue weighted by Crippen LogP contribution is -2.31. The zero-order valence-corrected chi connectivity index (χ0v) is 23.2. The maximum Gasteiger partial charge on any atom is 0.573 e. The molecule has 3 N–H and O–H groups in total. The number of phenolic OH excluding ortho intramolecular Hbond substituents is 1. The number of anilines is 1. The van der Waals surface area contributed by atoms with E-state index in [1.165, 1.54) is 35.0 Å². The molecule has 2 amide bonds. The fourth-order valence-corrected chi connectivity index (χ4v) is 4.74. The topological polar surface area (TPSA) is 105 Å². The average Bonchev–Trinajstić information content (AvgIpc) is 3.33. The van der Waals surface area contributed by atoms with Gasteiger partial charge in [0.25, 0.3) is 5.91 Å². The molecular weight excluding hydrogens is 596 g/mol. The van der Waals surface area contributed by atoms with E-state index in [0.29, 0.717) is 27.1 Å². The van der Waals surface area contributed by atoms with Crippen LogP contribution < -0.4 is 15.4 Å². The SMILES string of the molecule is O=C(Nc1ccc(O)c(-c2cc(C3CCC3)n(C(=O)NCc3ccc(Cl)c(Cl)c3)n2)c1)c1ccc(OC(F)(F)F)cc1. The monoisotopic (exact) mass is 618 g/mol. The molecule has 8 nitrogen and oxygen atoms in total. The molecule has 1 aliphatic carbocycles. The van der Waals surface area contributed by atoms with Crippen molar-refractivity contribution < 1.29 is 32.6 Å². The van der Waals surface area contributed by atoms with Gasteiger partial charge in [-0.2, -0.15) is 9.78 Å². The number of phenols is 1. The van der Waals surface area contributed by atoms with E-state index in [0.717, 1.165) is 37.0 Å². The third-order valence-corrected chi connectivity index (χ3v) is 7.50. The highest BCUT2D eigenvalue weighted by Crippen LogP contribution is 2.39. The van der Waals surface area contributed by atoms with E-state index in [9.17, 15) is 27.9 Å². The lowest BCUT2D eigenvalue weighted by Gasteiger charge is -2.25. The van der Waals surface area contributed by atoms with Crippen LogP contribution in [-0.4, -0.2) is 33.2 Å². The highest BCUT2D eigenvalue weighted by atomic mass is 35.5. The van der Waals surface area contributed by atoms with Crippen molar-refractivity contribution in [2.24, 2.45) is 0 Å². The summed E-state index contributed by atoms with van der Waals surface area (Å²) in [4.78, 5) is 25.9. The molecule has 0 aliphatic heterocycles. The van der Waals surface area contributed by atoms with Crippen LogP contribution in [0.5, 0.6) is 11.5 Å². The van der Waals surface area contributed by atoms with Crippen molar-refractivity contribution in [2.45, 2.75) is 38.1 Å². The molecule has 0 saturated heterocycles. The molecule has 4 aromatic rings. The van der Waals surface area contributed by atoms with E-state index in [-0.39, 0.29) is 29.3 Å². The number of nitrogens with zero attached hydrogens (tertiary/aromatic N) is 2. The molecule has 5 rings (SSSR count). The highest BCUT2D eigenvalue weighted by Gasteiger charge is 2.31. The van der Waals surface area contributed by atoms with E-state index >= 15 is 0 Å². The number of amides is 2. The Kier molecular flexibility index (Phi) is 8.33. The van der Waals surface area contributed by atoms with Crippen LogP contribution in [0.15, 0.2) is 66.7 Å². The van der Waals surface area contributed by atoms with Gasteiger partial charge in [-0.05, 0) is 79.1 Å². The third kappa shape index (κ3) is 6.80. The van der Waals surface area contributed by atoms with Crippen molar-refractivity contribution in [1.29, 1.82) is 0 Å². The Bertz CT molecular complexity index is 1640. The number of aromatic nitrogens is 2. The normalized spacial score (nSPS) is 13.4. The molecule has 0 spiro atoms. The summed E-state index contributed by atoms with van der Waals surface area (Å²) in [6.07, 6.45) is -2.05. The predicted molar refractivity (Wildman–Crippen MR) is 151 cm³/mol. The Labute approximate surface area is 248 Å². The zero-order chi connectivity index (χ0) is 30.0. The van der Waals surface area contributed by atoms with Gasteiger partial charge < -0.3 is 20.5 Å². The maximum absolute atomic E-state index is 13.2. The number of halogens is 5. The standard InChI is InChI=1S/C29H23Cl2F3N4O4/c30-22-10-4-16(12-23(22)31)15-35-28(41)38-25(17-2-1-3-17)14-24(37-38)21-13-19(7-11-26(21)39)36-27(40)18-5-8-20(9-6-18)42-29(32,33)34/h4-14,17,39H,1-3,15H2,(H,35,41)(H,36,40). The van der Waals surface area contributed by atoms with Gasteiger partial charge in [0.1, 0.15) is 11.5 Å². The minimum atomic E-state index is -4.84. The molecule has 1 aromatic heterocycles. The number of carbonyl (C=O) groups is 2. The lowest BCUT2D eigenvalue weighted by molar-refractivity contribution is -0.274. The van der Waals surface area contributed by atoms with Crippen molar-refractivity contribution >= 4 is 40.8 Å². The lowest BCUT2D eigenvalue weighted by atomic mass is 9.82. The number of aromatic hydroxyl groups is 1. The second-order valence-corrected chi connectivity index (χ2v) is 10.5. The summed E-state index contributed by atoms with van der Waals surface area (Å²) < 4.78 is 42.3. The summed E-state index contributed by atoms with van der Waals surface area (Å²) in [5.41, 5.74) is 2.43. The fourth-order valence-electron chi connectivity index (χ4n) is 4.42. The Balaban J connectivity index is 1.35. The van der Waals surface area contributed by atoms with Crippen molar-refractivity contribution in [1.82, 2.24) is 15.1 Å². The molecule has 0 unspecified atom stereocenters. The van der Waals surface area contributed by atoms with Gasteiger partial charge in [-0.25, -0.2) is 4.79 Å². The first-order valence-corrected chi connectivity index (χ1v) is 13.5. The minimum absolute atomic E-state index is 0.0920. The van der Waals surface area contributed by atoms with E-state index in [2.05, 4.69) is 20.5 Å². The zero-order valence-electron chi connectivity index (χ0n) is 21.7. The molecule has 1 aliphatic rings. The molecule has 1 fully saturated rings. The summed E-state index contributed by atoms with van der Waals surface area (Å²) in [7, 11) is 0. The van der Waals surface area contributed by atoms with Crippen molar-refractivity contribution in [3.05, 3.63) is 93.6 Å². The van der Waals surface area contributed by atoms with Gasteiger partial charge in [-0.3, -0.25) is 4.79 Å². The average molecular weight is 619 g/mol. The summed E-state index contributed by atoms with van der Waals surface area (Å²) >= 11 is 12.0. The fraction of sp³-hybridized carbons (Fsp3) is 0.207. The number of carbonyl (C=O) groups excluding carboxylic acids is 2. The van der Waals surface area contributed by atoms with Crippen molar-refractivity contribution in [3.8, 4) is 22.8 Å². The van der Waals surface area contributed by atoms with Crippen LogP contribution in [0.1, 0.15) is 46.8 Å². The number of ether oxygens (including phenoxy) is 1. The quantitative estimate of drug-likeness (QED) is 0.184. The second kappa shape index (κ2) is 11.9. The van der Waals surface area contributed by atoms with Crippen LogP contribution in [0.25, 0.3) is 11.3 Å². The predicted octanol–water partition coefficient (Wildman–Crippen LogP) is 7.74. The molecule has 42 heavy (non-hydrogen) atoms.